The number of rotatable bonds is 3. The van der Waals surface area contributed by atoms with Gasteiger partial charge in [0.1, 0.15) is 0 Å². The molecule has 0 atom stereocenters. The molecule has 0 aliphatic rings. The monoisotopic (exact) mass is 303 g/mol. The number of benzene rings is 2. The molecule has 2 rings (SSSR count). The molecular weight excluding hydrogens is 286 g/mol. The molecular formula is C16H18BrN. The Hall–Kier alpha value is -1.28. The second kappa shape index (κ2) is 5.57. The first-order chi connectivity index (χ1) is 8.56. The predicted octanol–water partition coefficient (Wildman–Crippen LogP) is 4.70. The summed E-state index contributed by atoms with van der Waals surface area (Å²) in [7, 11) is 2.14. The van der Waals surface area contributed by atoms with Crippen LogP contribution in [-0.4, -0.2) is 7.05 Å². The van der Waals surface area contributed by atoms with Crippen LogP contribution in [-0.2, 0) is 6.54 Å². The summed E-state index contributed by atoms with van der Waals surface area (Å²) in [5, 5.41) is 0. The molecule has 0 fully saturated rings. The summed E-state index contributed by atoms with van der Waals surface area (Å²) >= 11 is 3.46. The summed E-state index contributed by atoms with van der Waals surface area (Å²) < 4.78 is 1.13. The molecule has 0 aliphatic heterocycles. The van der Waals surface area contributed by atoms with Crippen molar-refractivity contribution >= 4 is 21.6 Å². The largest absolute Gasteiger partial charge is 0.370 e. The highest BCUT2D eigenvalue weighted by atomic mass is 79.9. The van der Waals surface area contributed by atoms with E-state index in [1.54, 1.807) is 0 Å². The lowest BCUT2D eigenvalue weighted by molar-refractivity contribution is 0.916. The Kier molecular flexibility index (Phi) is 4.07. The number of anilines is 1. The molecule has 0 radical (unpaired) electrons. The number of aryl methyl sites for hydroxylation is 2. The molecule has 0 spiro atoms. The molecule has 0 saturated heterocycles. The van der Waals surface area contributed by atoms with E-state index in [4.69, 9.17) is 0 Å². The zero-order chi connectivity index (χ0) is 13.1. The predicted molar refractivity (Wildman–Crippen MR) is 82.2 cm³/mol. The van der Waals surface area contributed by atoms with Crippen molar-refractivity contribution in [2.24, 2.45) is 0 Å². The molecule has 0 unspecified atom stereocenters. The first kappa shape index (κ1) is 13.2. The van der Waals surface area contributed by atoms with E-state index in [0.29, 0.717) is 0 Å². The lowest BCUT2D eigenvalue weighted by atomic mass is 10.1. The molecule has 0 bridgehead atoms. The van der Waals surface area contributed by atoms with E-state index in [9.17, 15) is 0 Å². The average molecular weight is 304 g/mol. The third kappa shape index (κ3) is 3.14. The average Bonchev–Trinajstić information content (AvgIpc) is 2.32. The Bertz CT molecular complexity index is 531. The lowest BCUT2D eigenvalue weighted by Crippen LogP contribution is -2.17. The lowest BCUT2D eigenvalue weighted by Gasteiger charge is -2.22. The Labute approximate surface area is 118 Å². The van der Waals surface area contributed by atoms with Crippen molar-refractivity contribution in [3.8, 4) is 0 Å². The maximum atomic E-state index is 3.46. The van der Waals surface area contributed by atoms with Gasteiger partial charge in [0.25, 0.3) is 0 Å². The topological polar surface area (TPSA) is 3.24 Å². The van der Waals surface area contributed by atoms with Crippen LogP contribution in [0.4, 0.5) is 5.69 Å². The van der Waals surface area contributed by atoms with Gasteiger partial charge in [0.15, 0.2) is 0 Å². The van der Waals surface area contributed by atoms with Crippen molar-refractivity contribution in [2.45, 2.75) is 20.4 Å². The number of nitrogens with zero attached hydrogens (tertiary/aromatic N) is 1. The quantitative estimate of drug-likeness (QED) is 0.794. The SMILES string of the molecule is Cc1ccc(N(C)Cc2ccc(Br)cc2)c(C)c1. The fourth-order valence-corrected chi connectivity index (χ4v) is 2.45. The molecule has 0 saturated carbocycles. The Morgan fingerprint density at radius 1 is 1.00 bits per heavy atom. The fraction of sp³-hybridized carbons (Fsp3) is 0.250. The van der Waals surface area contributed by atoms with Gasteiger partial charge in [0, 0.05) is 23.8 Å². The van der Waals surface area contributed by atoms with Gasteiger partial charge in [-0.2, -0.15) is 0 Å². The van der Waals surface area contributed by atoms with Gasteiger partial charge in [0.2, 0.25) is 0 Å². The van der Waals surface area contributed by atoms with Crippen LogP contribution in [0.2, 0.25) is 0 Å². The van der Waals surface area contributed by atoms with Gasteiger partial charge in [-0.1, -0.05) is 45.8 Å². The molecule has 2 aromatic rings. The molecule has 1 nitrogen and oxygen atoms in total. The summed E-state index contributed by atoms with van der Waals surface area (Å²) in [5.74, 6) is 0. The van der Waals surface area contributed by atoms with Crippen LogP contribution in [0.1, 0.15) is 16.7 Å². The molecule has 94 valence electrons. The van der Waals surface area contributed by atoms with Crippen LogP contribution >= 0.6 is 15.9 Å². The maximum absolute atomic E-state index is 3.46. The van der Waals surface area contributed by atoms with Crippen molar-refractivity contribution < 1.29 is 0 Å². The minimum absolute atomic E-state index is 0.928. The Morgan fingerprint density at radius 3 is 2.28 bits per heavy atom. The van der Waals surface area contributed by atoms with E-state index in [1.807, 2.05) is 0 Å². The summed E-state index contributed by atoms with van der Waals surface area (Å²) in [4.78, 5) is 2.29. The molecule has 18 heavy (non-hydrogen) atoms. The van der Waals surface area contributed by atoms with Gasteiger partial charge in [-0.25, -0.2) is 0 Å². The zero-order valence-corrected chi connectivity index (χ0v) is 12.7. The second-order valence-corrected chi connectivity index (χ2v) is 5.69. The van der Waals surface area contributed by atoms with E-state index in [1.165, 1.54) is 22.4 Å². The third-order valence-corrected chi connectivity index (χ3v) is 3.63. The van der Waals surface area contributed by atoms with Crippen LogP contribution in [0.5, 0.6) is 0 Å². The first-order valence-corrected chi connectivity index (χ1v) is 6.88. The van der Waals surface area contributed by atoms with Gasteiger partial charge < -0.3 is 4.90 Å². The highest BCUT2D eigenvalue weighted by Crippen LogP contribution is 2.22. The summed E-state index contributed by atoms with van der Waals surface area (Å²) in [5.41, 5.74) is 5.26. The number of hydrogen-bond acceptors (Lipinski definition) is 1. The highest BCUT2D eigenvalue weighted by Gasteiger charge is 2.05. The van der Waals surface area contributed by atoms with E-state index >= 15 is 0 Å². The molecule has 0 heterocycles. The molecule has 0 aromatic heterocycles. The molecule has 0 amide bonds. The van der Waals surface area contributed by atoms with Gasteiger partial charge in [0.05, 0.1) is 0 Å². The van der Waals surface area contributed by atoms with E-state index < -0.39 is 0 Å². The molecule has 0 N–H and O–H groups in total. The van der Waals surface area contributed by atoms with Gasteiger partial charge in [-0.15, -0.1) is 0 Å². The van der Waals surface area contributed by atoms with Crippen molar-refractivity contribution in [3.63, 3.8) is 0 Å². The Morgan fingerprint density at radius 2 is 1.67 bits per heavy atom. The second-order valence-electron chi connectivity index (χ2n) is 4.77. The normalized spacial score (nSPS) is 10.4. The summed E-state index contributed by atoms with van der Waals surface area (Å²) in [6.07, 6.45) is 0. The Balaban J connectivity index is 2.16. The van der Waals surface area contributed by atoms with Crippen LogP contribution in [0, 0.1) is 13.8 Å². The van der Waals surface area contributed by atoms with Crippen molar-refractivity contribution in [3.05, 3.63) is 63.6 Å². The first-order valence-electron chi connectivity index (χ1n) is 6.09. The van der Waals surface area contributed by atoms with Gasteiger partial charge in [-0.05, 0) is 43.2 Å². The van der Waals surface area contributed by atoms with Gasteiger partial charge in [-0.3, -0.25) is 0 Å². The molecule has 0 aliphatic carbocycles. The van der Waals surface area contributed by atoms with Crippen LogP contribution < -0.4 is 4.90 Å². The standard InChI is InChI=1S/C16H18BrN/c1-12-4-9-16(13(2)10-12)18(3)11-14-5-7-15(17)8-6-14/h4-10H,11H2,1-3H3. The fourth-order valence-electron chi connectivity index (χ4n) is 2.18. The molecule has 2 aromatic carbocycles. The summed E-state index contributed by atoms with van der Waals surface area (Å²) in [6.45, 7) is 5.23. The van der Waals surface area contributed by atoms with E-state index in [0.717, 1.165) is 11.0 Å². The van der Waals surface area contributed by atoms with E-state index in [2.05, 4.69) is 84.2 Å². The minimum atomic E-state index is 0.928. The summed E-state index contributed by atoms with van der Waals surface area (Å²) in [6, 6.07) is 15.1. The number of hydrogen-bond donors (Lipinski definition) is 0. The third-order valence-electron chi connectivity index (χ3n) is 3.10. The van der Waals surface area contributed by atoms with Crippen LogP contribution in [0.15, 0.2) is 46.9 Å². The van der Waals surface area contributed by atoms with Crippen LogP contribution in [0.25, 0.3) is 0 Å². The van der Waals surface area contributed by atoms with Crippen molar-refractivity contribution in [2.75, 3.05) is 11.9 Å². The highest BCUT2D eigenvalue weighted by molar-refractivity contribution is 9.10. The maximum Gasteiger partial charge on any atom is 0.0426 e. The number of halogens is 1. The van der Waals surface area contributed by atoms with Crippen molar-refractivity contribution in [1.82, 2.24) is 0 Å². The van der Waals surface area contributed by atoms with Gasteiger partial charge >= 0.3 is 0 Å². The van der Waals surface area contributed by atoms with E-state index in [-0.39, 0.29) is 0 Å². The van der Waals surface area contributed by atoms with Crippen LogP contribution in [0.3, 0.4) is 0 Å². The van der Waals surface area contributed by atoms with Crippen molar-refractivity contribution in [1.29, 1.82) is 0 Å². The minimum Gasteiger partial charge on any atom is -0.370 e. The smallest absolute Gasteiger partial charge is 0.0426 e. The molecule has 2 heteroatoms. The zero-order valence-electron chi connectivity index (χ0n) is 11.1.